The van der Waals surface area contributed by atoms with Crippen molar-refractivity contribution < 1.29 is 9.59 Å². The molecule has 0 aliphatic carbocycles. The van der Waals surface area contributed by atoms with Gasteiger partial charge in [0.25, 0.3) is 11.8 Å². The van der Waals surface area contributed by atoms with Crippen molar-refractivity contribution in [3.8, 4) is 0 Å². The normalized spacial score (nSPS) is 12.5. The van der Waals surface area contributed by atoms with Gasteiger partial charge in [0.15, 0.2) is 0 Å². The first kappa shape index (κ1) is 15.4. The van der Waals surface area contributed by atoms with E-state index in [-0.39, 0.29) is 5.84 Å². The second-order valence-electron chi connectivity index (χ2n) is 4.43. The van der Waals surface area contributed by atoms with E-state index in [1.54, 1.807) is 48.5 Å². The van der Waals surface area contributed by atoms with Crippen LogP contribution < -0.4 is 5.73 Å². The third-order valence-electron chi connectivity index (χ3n) is 3.23. The number of hydrogen-bond donors (Lipinski definition) is 2. The number of fused-ring (bicyclic) bond motifs is 1. The molecule has 0 bridgehead atoms. The van der Waals surface area contributed by atoms with E-state index in [0.717, 1.165) is 4.90 Å². The summed E-state index contributed by atoms with van der Waals surface area (Å²) in [4.78, 5) is 25.4. The molecule has 2 aromatic rings. The van der Waals surface area contributed by atoms with Crippen molar-refractivity contribution in [2.24, 2.45) is 0 Å². The summed E-state index contributed by atoms with van der Waals surface area (Å²) in [6.07, 6.45) is 0. The molecule has 0 fully saturated rings. The first-order valence-electron chi connectivity index (χ1n) is 7.02. The van der Waals surface area contributed by atoms with Crippen LogP contribution in [0.4, 0.5) is 5.69 Å². The fourth-order valence-electron chi connectivity index (χ4n) is 2.23. The van der Waals surface area contributed by atoms with Crippen molar-refractivity contribution in [2.75, 3.05) is 5.73 Å². The monoisotopic (exact) mass is 295 g/mol. The lowest BCUT2D eigenvalue weighted by Gasteiger charge is -2.16. The minimum atomic E-state index is -0.487. The highest BCUT2D eigenvalue weighted by Gasteiger charge is 2.38. The molecule has 5 heteroatoms. The Kier molecular flexibility index (Phi) is 4.36. The Bertz CT molecular complexity index is 718. The topological polar surface area (TPSA) is 87.2 Å². The summed E-state index contributed by atoms with van der Waals surface area (Å²) in [5.74, 6) is -1.17. The number of amides is 2. The second kappa shape index (κ2) is 6.22. The molecule has 3 rings (SSSR count). The molecule has 22 heavy (non-hydrogen) atoms. The summed E-state index contributed by atoms with van der Waals surface area (Å²) in [5, 5.41) is 8.11. The molecular weight excluding hydrogens is 278 g/mol. The third-order valence-corrected chi connectivity index (χ3v) is 3.23. The standard InChI is InChI=1S/C15H11N3O2.C2H6/c16-12-8-4-3-7-11(12)13(17)18-14(19)9-5-1-2-6-10(9)15(18)20;1-2/h1-8,17H,16H2;1-2H3. The van der Waals surface area contributed by atoms with Crippen LogP contribution in [0, 0.1) is 5.41 Å². The number of anilines is 1. The van der Waals surface area contributed by atoms with Gasteiger partial charge >= 0.3 is 0 Å². The van der Waals surface area contributed by atoms with Crippen LogP contribution in [-0.4, -0.2) is 22.5 Å². The van der Waals surface area contributed by atoms with E-state index in [2.05, 4.69) is 0 Å². The Labute approximate surface area is 128 Å². The van der Waals surface area contributed by atoms with Crippen LogP contribution in [0.5, 0.6) is 0 Å². The lowest BCUT2D eigenvalue weighted by Crippen LogP contribution is -2.36. The predicted molar refractivity (Wildman–Crippen MR) is 86.0 cm³/mol. The van der Waals surface area contributed by atoms with Crippen LogP contribution in [0.3, 0.4) is 0 Å². The van der Waals surface area contributed by atoms with Crippen LogP contribution in [-0.2, 0) is 0 Å². The van der Waals surface area contributed by atoms with E-state index in [1.165, 1.54) is 0 Å². The number of carbonyl (C=O) groups is 2. The van der Waals surface area contributed by atoms with Crippen LogP contribution >= 0.6 is 0 Å². The van der Waals surface area contributed by atoms with Gasteiger partial charge < -0.3 is 5.73 Å². The summed E-state index contributed by atoms with van der Waals surface area (Å²) in [6.45, 7) is 4.00. The van der Waals surface area contributed by atoms with Crippen molar-refractivity contribution >= 4 is 23.3 Å². The van der Waals surface area contributed by atoms with Crippen molar-refractivity contribution in [1.82, 2.24) is 4.90 Å². The molecule has 0 radical (unpaired) electrons. The van der Waals surface area contributed by atoms with Gasteiger partial charge in [0.1, 0.15) is 5.84 Å². The molecule has 1 heterocycles. The number of para-hydroxylation sites is 1. The van der Waals surface area contributed by atoms with Gasteiger partial charge in [-0.1, -0.05) is 38.1 Å². The lowest BCUT2D eigenvalue weighted by atomic mass is 10.1. The molecule has 2 amide bonds. The zero-order valence-corrected chi connectivity index (χ0v) is 12.5. The Morgan fingerprint density at radius 1 is 0.909 bits per heavy atom. The number of benzene rings is 2. The number of amidine groups is 1. The van der Waals surface area contributed by atoms with Crippen LogP contribution in [0.25, 0.3) is 0 Å². The van der Waals surface area contributed by atoms with E-state index in [9.17, 15) is 9.59 Å². The van der Waals surface area contributed by atoms with Crippen LogP contribution in [0.2, 0.25) is 0 Å². The molecule has 112 valence electrons. The maximum Gasteiger partial charge on any atom is 0.267 e. The average Bonchev–Trinajstić information content (AvgIpc) is 2.81. The van der Waals surface area contributed by atoms with Crippen LogP contribution in [0.1, 0.15) is 40.1 Å². The van der Waals surface area contributed by atoms with Gasteiger partial charge in [0.2, 0.25) is 0 Å². The fraction of sp³-hybridized carbons (Fsp3) is 0.118. The Morgan fingerprint density at radius 2 is 1.36 bits per heavy atom. The van der Waals surface area contributed by atoms with Crippen molar-refractivity contribution in [2.45, 2.75) is 13.8 Å². The van der Waals surface area contributed by atoms with Crippen molar-refractivity contribution in [3.05, 3.63) is 65.2 Å². The van der Waals surface area contributed by atoms with Gasteiger partial charge in [0.05, 0.1) is 11.1 Å². The number of rotatable bonds is 1. The molecule has 1 aliphatic rings. The second-order valence-corrected chi connectivity index (χ2v) is 4.43. The van der Waals surface area contributed by atoms with Gasteiger partial charge in [-0.05, 0) is 24.3 Å². The van der Waals surface area contributed by atoms with Gasteiger partial charge in [-0.2, -0.15) is 0 Å². The number of nitrogens with two attached hydrogens (primary N) is 1. The van der Waals surface area contributed by atoms with Gasteiger partial charge in [0, 0.05) is 11.3 Å². The van der Waals surface area contributed by atoms with Crippen LogP contribution in [0.15, 0.2) is 48.5 Å². The molecule has 0 saturated heterocycles. The Hall–Kier alpha value is -2.95. The Balaban J connectivity index is 0.000000847. The molecule has 0 spiro atoms. The van der Waals surface area contributed by atoms with E-state index in [4.69, 9.17) is 11.1 Å². The van der Waals surface area contributed by atoms with E-state index in [0.29, 0.717) is 22.4 Å². The highest BCUT2D eigenvalue weighted by Crippen LogP contribution is 2.25. The highest BCUT2D eigenvalue weighted by atomic mass is 16.2. The first-order valence-corrected chi connectivity index (χ1v) is 7.02. The number of nitrogen functional groups attached to an aromatic ring is 1. The maximum atomic E-state index is 12.3. The summed E-state index contributed by atoms with van der Waals surface area (Å²) in [7, 11) is 0. The SMILES string of the molecule is CC.N=C(c1ccccc1N)N1C(=O)c2ccccc2C1=O. The van der Waals surface area contributed by atoms with E-state index < -0.39 is 11.8 Å². The Morgan fingerprint density at radius 3 is 1.86 bits per heavy atom. The quantitative estimate of drug-likeness (QED) is 0.367. The minimum Gasteiger partial charge on any atom is -0.398 e. The number of nitrogens with zero attached hydrogens (tertiary/aromatic N) is 1. The number of hydrogen-bond acceptors (Lipinski definition) is 4. The average molecular weight is 295 g/mol. The molecule has 3 N–H and O–H groups in total. The van der Waals surface area contributed by atoms with Gasteiger partial charge in [-0.25, -0.2) is 4.90 Å². The van der Waals surface area contributed by atoms with E-state index in [1.807, 2.05) is 13.8 Å². The van der Waals surface area contributed by atoms with Crippen molar-refractivity contribution in [3.63, 3.8) is 0 Å². The summed E-state index contributed by atoms with van der Waals surface area (Å²) >= 11 is 0. The minimum absolute atomic E-state index is 0.200. The van der Waals surface area contributed by atoms with Crippen molar-refractivity contribution in [1.29, 1.82) is 5.41 Å². The number of nitrogens with one attached hydrogen (secondary N) is 1. The zero-order chi connectivity index (χ0) is 16.3. The molecule has 0 unspecified atom stereocenters. The summed E-state index contributed by atoms with van der Waals surface area (Å²) in [5.41, 5.74) is 7.15. The number of carbonyl (C=O) groups excluding carboxylic acids is 2. The molecule has 0 saturated carbocycles. The molecule has 2 aromatic carbocycles. The highest BCUT2D eigenvalue weighted by molar-refractivity contribution is 6.32. The fourth-order valence-corrected chi connectivity index (χ4v) is 2.23. The van der Waals surface area contributed by atoms with E-state index >= 15 is 0 Å². The van der Waals surface area contributed by atoms with Gasteiger partial charge in [-0.15, -0.1) is 0 Å². The number of imide groups is 1. The first-order chi connectivity index (χ1) is 10.6. The molecule has 0 aromatic heterocycles. The zero-order valence-electron chi connectivity index (χ0n) is 12.5. The van der Waals surface area contributed by atoms with Gasteiger partial charge in [-0.3, -0.25) is 15.0 Å². The lowest BCUT2D eigenvalue weighted by molar-refractivity contribution is 0.0748. The largest absolute Gasteiger partial charge is 0.398 e. The maximum absolute atomic E-state index is 12.3. The summed E-state index contributed by atoms with van der Waals surface area (Å²) in [6, 6.07) is 13.2. The molecule has 1 aliphatic heterocycles. The molecule has 0 atom stereocenters. The third kappa shape index (κ3) is 2.37. The molecule has 5 nitrogen and oxygen atoms in total. The summed E-state index contributed by atoms with van der Waals surface area (Å²) < 4.78 is 0. The predicted octanol–water partition coefficient (Wildman–Crippen LogP) is 2.92. The molecular formula is C17H17N3O2. The smallest absolute Gasteiger partial charge is 0.267 e.